The maximum atomic E-state index is 10.6. The summed E-state index contributed by atoms with van der Waals surface area (Å²) in [7, 11) is 0. The first-order valence-corrected chi connectivity index (χ1v) is 4.95. The standard InChI is InChI=1S/C12H12O4/c1-8(12(13)14)2-3-9-4-5-10-11(6-9)16-7-15-10/h2,4-6H,3,7H2,1H3,(H,13,14). The van der Waals surface area contributed by atoms with Crippen molar-refractivity contribution in [2.75, 3.05) is 6.79 Å². The van der Waals surface area contributed by atoms with Crippen LogP contribution in [-0.4, -0.2) is 17.9 Å². The van der Waals surface area contributed by atoms with Gasteiger partial charge < -0.3 is 14.6 Å². The van der Waals surface area contributed by atoms with Crippen LogP contribution >= 0.6 is 0 Å². The second-order valence-corrected chi connectivity index (χ2v) is 3.58. The zero-order chi connectivity index (χ0) is 11.5. The summed E-state index contributed by atoms with van der Waals surface area (Å²) in [6, 6.07) is 5.61. The topological polar surface area (TPSA) is 55.8 Å². The Kier molecular flexibility index (Phi) is 2.81. The van der Waals surface area contributed by atoms with Gasteiger partial charge in [0.05, 0.1) is 0 Å². The fourth-order valence-electron chi connectivity index (χ4n) is 1.43. The third-order valence-electron chi connectivity index (χ3n) is 2.42. The van der Waals surface area contributed by atoms with Crippen molar-refractivity contribution in [3.63, 3.8) is 0 Å². The van der Waals surface area contributed by atoms with Gasteiger partial charge in [0, 0.05) is 5.57 Å². The summed E-state index contributed by atoms with van der Waals surface area (Å²) in [4.78, 5) is 10.6. The first-order valence-electron chi connectivity index (χ1n) is 4.95. The molecule has 0 amide bonds. The first-order chi connectivity index (χ1) is 7.66. The molecule has 0 saturated carbocycles. The van der Waals surface area contributed by atoms with Crippen LogP contribution < -0.4 is 9.47 Å². The molecule has 1 aliphatic heterocycles. The molecule has 2 rings (SSSR count). The van der Waals surface area contributed by atoms with Gasteiger partial charge in [0.15, 0.2) is 11.5 Å². The number of carboxylic acid groups (broad SMARTS) is 1. The lowest BCUT2D eigenvalue weighted by Crippen LogP contribution is -1.96. The lowest BCUT2D eigenvalue weighted by Gasteiger charge is -2.00. The summed E-state index contributed by atoms with van der Waals surface area (Å²) in [5.74, 6) is 0.572. The number of ether oxygens (including phenoxy) is 2. The largest absolute Gasteiger partial charge is 0.478 e. The van der Waals surface area contributed by atoms with E-state index < -0.39 is 5.97 Å². The van der Waals surface area contributed by atoms with Crippen LogP contribution in [-0.2, 0) is 11.2 Å². The predicted octanol–water partition coefficient (Wildman–Crippen LogP) is 1.99. The molecule has 84 valence electrons. The highest BCUT2D eigenvalue weighted by atomic mass is 16.7. The normalized spacial score (nSPS) is 13.9. The van der Waals surface area contributed by atoms with E-state index in [0.717, 1.165) is 17.1 Å². The molecule has 0 radical (unpaired) electrons. The minimum Gasteiger partial charge on any atom is -0.478 e. The first kappa shape index (κ1) is 10.5. The van der Waals surface area contributed by atoms with Crippen LogP contribution in [0.5, 0.6) is 11.5 Å². The Labute approximate surface area is 93.1 Å². The van der Waals surface area contributed by atoms with Gasteiger partial charge in [-0.15, -0.1) is 0 Å². The molecule has 0 aliphatic carbocycles. The lowest BCUT2D eigenvalue weighted by atomic mass is 10.1. The van der Waals surface area contributed by atoms with Gasteiger partial charge in [-0.1, -0.05) is 12.1 Å². The van der Waals surface area contributed by atoms with E-state index in [9.17, 15) is 4.79 Å². The second-order valence-electron chi connectivity index (χ2n) is 3.58. The quantitative estimate of drug-likeness (QED) is 0.791. The minimum absolute atomic E-state index is 0.253. The fourth-order valence-corrected chi connectivity index (χ4v) is 1.43. The molecule has 1 aliphatic rings. The van der Waals surface area contributed by atoms with E-state index in [1.165, 1.54) is 0 Å². The van der Waals surface area contributed by atoms with Crippen LogP contribution in [0.25, 0.3) is 0 Å². The highest BCUT2D eigenvalue weighted by molar-refractivity contribution is 5.85. The summed E-state index contributed by atoms with van der Waals surface area (Å²) in [5.41, 5.74) is 1.35. The molecule has 0 spiro atoms. The Hall–Kier alpha value is -1.97. The summed E-state index contributed by atoms with van der Waals surface area (Å²) in [6.07, 6.45) is 2.26. The maximum Gasteiger partial charge on any atom is 0.330 e. The van der Waals surface area contributed by atoms with Crippen LogP contribution in [0.15, 0.2) is 29.8 Å². The Morgan fingerprint density at radius 1 is 1.44 bits per heavy atom. The number of hydrogen-bond donors (Lipinski definition) is 1. The Balaban J connectivity index is 2.11. The van der Waals surface area contributed by atoms with Crippen LogP contribution in [0.4, 0.5) is 0 Å². The Morgan fingerprint density at radius 2 is 2.19 bits per heavy atom. The highest BCUT2D eigenvalue weighted by Crippen LogP contribution is 2.32. The smallest absolute Gasteiger partial charge is 0.330 e. The fraction of sp³-hybridized carbons (Fsp3) is 0.250. The monoisotopic (exact) mass is 220 g/mol. The van der Waals surface area contributed by atoms with Gasteiger partial charge in [-0.2, -0.15) is 0 Å². The molecule has 4 heteroatoms. The molecule has 4 nitrogen and oxygen atoms in total. The highest BCUT2D eigenvalue weighted by Gasteiger charge is 2.12. The molecule has 1 aromatic carbocycles. The third kappa shape index (κ3) is 2.16. The zero-order valence-corrected chi connectivity index (χ0v) is 8.90. The SMILES string of the molecule is CC(=CCc1ccc2c(c1)OCO2)C(=O)O. The van der Waals surface area contributed by atoms with Crippen molar-refractivity contribution in [3.8, 4) is 11.5 Å². The molecule has 0 saturated heterocycles. The molecule has 0 fully saturated rings. The number of carbonyl (C=O) groups is 1. The van der Waals surface area contributed by atoms with Crippen molar-refractivity contribution in [1.82, 2.24) is 0 Å². The Bertz CT molecular complexity index is 448. The molecule has 16 heavy (non-hydrogen) atoms. The summed E-state index contributed by atoms with van der Waals surface area (Å²) in [6.45, 7) is 1.83. The van der Waals surface area contributed by atoms with E-state index in [-0.39, 0.29) is 6.79 Å². The van der Waals surface area contributed by atoms with Gasteiger partial charge in [-0.05, 0) is 31.0 Å². The summed E-state index contributed by atoms with van der Waals surface area (Å²) >= 11 is 0. The van der Waals surface area contributed by atoms with Crippen LogP contribution in [0.1, 0.15) is 12.5 Å². The van der Waals surface area contributed by atoms with E-state index in [4.69, 9.17) is 14.6 Å². The summed E-state index contributed by atoms with van der Waals surface area (Å²) < 4.78 is 10.4. The van der Waals surface area contributed by atoms with E-state index >= 15 is 0 Å². The van der Waals surface area contributed by atoms with E-state index in [1.807, 2.05) is 18.2 Å². The summed E-state index contributed by atoms with van der Waals surface area (Å²) in [5, 5.41) is 8.70. The van der Waals surface area contributed by atoms with E-state index in [2.05, 4.69) is 0 Å². The van der Waals surface area contributed by atoms with Crippen molar-refractivity contribution >= 4 is 5.97 Å². The van der Waals surface area contributed by atoms with Gasteiger partial charge in [0.25, 0.3) is 0 Å². The Morgan fingerprint density at radius 3 is 2.94 bits per heavy atom. The van der Waals surface area contributed by atoms with Crippen molar-refractivity contribution in [1.29, 1.82) is 0 Å². The lowest BCUT2D eigenvalue weighted by molar-refractivity contribution is -0.132. The van der Waals surface area contributed by atoms with Crippen LogP contribution in [0.2, 0.25) is 0 Å². The van der Waals surface area contributed by atoms with Gasteiger partial charge in [-0.25, -0.2) is 4.79 Å². The molecular formula is C12H12O4. The molecule has 0 bridgehead atoms. The number of fused-ring (bicyclic) bond motifs is 1. The number of carboxylic acids is 1. The average Bonchev–Trinajstić information content (AvgIpc) is 2.72. The molecule has 1 aromatic rings. The number of hydrogen-bond acceptors (Lipinski definition) is 3. The molecule has 0 aromatic heterocycles. The van der Waals surface area contributed by atoms with Crippen molar-refractivity contribution < 1.29 is 19.4 Å². The molecular weight excluding hydrogens is 208 g/mol. The van der Waals surface area contributed by atoms with E-state index in [1.54, 1.807) is 13.0 Å². The van der Waals surface area contributed by atoms with Crippen molar-refractivity contribution in [3.05, 3.63) is 35.4 Å². The number of allylic oxidation sites excluding steroid dienone is 1. The third-order valence-corrected chi connectivity index (χ3v) is 2.42. The van der Waals surface area contributed by atoms with Crippen molar-refractivity contribution in [2.24, 2.45) is 0 Å². The van der Waals surface area contributed by atoms with Crippen LogP contribution in [0.3, 0.4) is 0 Å². The number of rotatable bonds is 3. The van der Waals surface area contributed by atoms with Crippen LogP contribution in [0, 0.1) is 0 Å². The molecule has 1 heterocycles. The number of aliphatic carboxylic acids is 1. The minimum atomic E-state index is -0.888. The van der Waals surface area contributed by atoms with Gasteiger partial charge in [0.2, 0.25) is 6.79 Å². The van der Waals surface area contributed by atoms with Gasteiger partial charge >= 0.3 is 5.97 Å². The van der Waals surface area contributed by atoms with Gasteiger partial charge in [0.1, 0.15) is 0 Å². The predicted molar refractivity (Wildman–Crippen MR) is 57.7 cm³/mol. The molecule has 0 atom stereocenters. The number of benzene rings is 1. The van der Waals surface area contributed by atoms with Crippen molar-refractivity contribution in [2.45, 2.75) is 13.3 Å². The molecule has 1 N–H and O–H groups in total. The van der Waals surface area contributed by atoms with E-state index in [0.29, 0.717) is 12.0 Å². The maximum absolute atomic E-state index is 10.6. The second kappa shape index (κ2) is 4.26. The van der Waals surface area contributed by atoms with Gasteiger partial charge in [-0.3, -0.25) is 0 Å². The average molecular weight is 220 g/mol. The molecule has 0 unspecified atom stereocenters. The zero-order valence-electron chi connectivity index (χ0n) is 8.90.